The number of carbonyl (C=O) groups excluding carboxylic acids is 1. The van der Waals surface area contributed by atoms with Crippen molar-refractivity contribution in [1.29, 1.82) is 0 Å². The number of morpholine rings is 1. The number of carbonyl (C=O) groups is 2. The Balaban J connectivity index is 2.05. The van der Waals surface area contributed by atoms with E-state index in [2.05, 4.69) is 0 Å². The van der Waals surface area contributed by atoms with E-state index in [9.17, 15) is 14.7 Å². The van der Waals surface area contributed by atoms with E-state index >= 15 is 0 Å². The van der Waals surface area contributed by atoms with Crippen molar-refractivity contribution in [1.82, 2.24) is 4.90 Å². The molecule has 1 heterocycles. The average Bonchev–Trinajstić information content (AvgIpc) is 2.48. The molecule has 6 heteroatoms. The normalized spacial score (nSPS) is 25.4. The lowest BCUT2D eigenvalue weighted by molar-refractivity contribution is -0.156. The van der Waals surface area contributed by atoms with E-state index < -0.39 is 18.1 Å². The summed E-state index contributed by atoms with van der Waals surface area (Å²) in [5.41, 5.74) is 0.853. The number of carboxylic acid groups (broad SMARTS) is 1. The standard InChI is InChI=1S/C15H19NO5/c1-10-11(2)20-9-13(14(17)18)16(10)15(19)21-8-12-6-4-3-5-7-12/h3-7,10-11,13H,8-9H2,1-2H3,(H,17,18). The Labute approximate surface area is 123 Å². The topological polar surface area (TPSA) is 76.1 Å². The van der Waals surface area contributed by atoms with Crippen LogP contribution in [0.3, 0.4) is 0 Å². The molecule has 6 nitrogen and oxygen atoms in total. The first-order valence-corrected chi connectivity index (χ1v) is 6.84. The van der Waals surface area contributed by atoms with Crippen LogP contribution in [0.4, 0.5) is 4.79 Å². The Morgan fingerprint density at radius 1 is 1.33 bits per heavy atom. The minimum Gasteiger partial charge on any atom is -0.480 e. The van der Waals surface area contributed by atoms with Crippen LogP contribution in [0.15, 0.2) is 30.3 Å². The molecular formula is C15H19NO5. The van der Waals surface area contributed by atoms with Crippen LogP contribution in [0.25, 0.3) is 0 Å². The average molecular weight is 293 g/mol. The van der Waals surface area contributed by atoms with Gasteiger partial charge in [0.25, 0.3) is 0 Å². The second-order valence-corrected chi connectivity index (χ2v) is 5.08. The molecule has 2 rings (SSSR count). The van der Waals surface area contributed by atoms with Gasteiger partial charge in [0.15, 0.2) is 6.04 Å². The van der Waals surface area contributed by atoms with Gasteiger partial charge in [0.1, 0.15) is 6.61 Å². The molecule has 1 fully saturated rings. The van der Waals surface area contributed by atoms with Crippen molar-refractivity contribution in [3.63, 3.8) is 0 Å². The van der Waals surface area contributed by atoms with Crippen LogP contribution in [0.1, 0.15) is 19.4 Å². The number of rotatable bonds is 3. The van der Waals surface area contributed by atoms with Gasteiger partial charge in [-0.05, 0) is 19.4 Å². The molecule has 0 aliphatic carbocycles. The highest BCUT2D eigenvalue weighted by molar-refractivity contribution is 5.80. The Morgan fingerprint density at radius 3 is 2.62 bits per heavy atom. The van der Waals surface area contributed by atoms with Crippen molar-refractivity contribution in [3.8, 4) is 0 Å². The summed E-state index contributed by atoms with van der Waals surface area (Å²) in [5, 5.41) is 9.22. The predicted molar refractivity (Wildman–Crippen MR) is 74.8 cm³/mol. The summed E-state index contributed by atoms with van der Waals surface area (Å²) in [7, 11) is 0. The molecule has 114 valence electrons. The highest BCUT2D eigenvalue weighted by atomic mass is 16.6. The number of nitrogens with zero attached hydrogens (tertiary/aromatic N) is 1. The van der Waals surface area contributed by atoms with Crippen LogP contribution < -0.4 is 0 Å². The van der Waals surface area contributed by atoms with E-state index in [1.165, 1.54) is 4.90 Å². The zero-order valence-electron chi connectivity index (χ0n) is 12.1. The summed E-state index contributed by atoms with van der Waals surface area (Å²) >= 11 is 0. The van der Waals surface area contributed by atoms with Crippen molar-refractivity contribution in [2.45, 2.75) is 38.6 Å². The van der Waals surface area contributed by atoms with Gasteiger partial charge in [-0.2, -0.15) is 0 Å². The SMILES string of the molecule is CC1OCC(C(=O)O)N(C(=O)OCc2ccccc2)C1C. The Hall–Kier alpha value is -2.08. The van der Waals surface area contributed by atoms with E-state index in [1.54, 1.807) is 13.8 Å². The number of hydrogen-bond donors (Lipinski definition) is 1. The summed E-state index contributed by atoms with van der Waals surface area (Å²) in [6, 6.07) is 7.88. The first-order chi connectivity index (χ1) is 10.0. The molecule has 1 saturated heterocycles. The van der Waals surface area contributed by atoms with Crippen LogP contribution in [0.5, 0.6) is 0 Å². The molecule has 1 aliphatic rings. The fourth-order valence-corrected chi connectivity index (χ4v) is 2.25. The summed E-state index contributed by atoms with van der Waals surface area (Å²) < 4.78 is 10.6. The monoisotopic (exact) mass is 293 g/mol. The molecule has 1 amide bonds. The van der Waals surface area contributed by atoms with Crippen LogP contribution in [0.2, 0.25) is 0 Å². The zero-order chi connectivity index (χ0) is 15.4. The molecule has 1 aromatic carbocycles. The van der Waals surface area contributed by atoms with Gasteiger partial charge in [-0.3, -0.25) is 4.90 Å². The van der Waals surface area contributed by atoms with Gasteiger partial charge >= 0.3 is 12.1 Å². The largest absolute Gasteiger partial charge is 0.480 e. The van der Waals surface area contributed by atoms with Gasteiger partial charge < -0.3 is 14.6 Å². The Kier molecular flexibility index (Phi) is 4.80. The molecular weight excluding hydrogens is 274 g/mol. The lowest BCUT2D eigenvalue weighted by atomic mass is 10.1. The summed E-state index contributed by atoms with van der Waals surface area (Å²) in [5.74, 6) is -1.09. The molecule has 3 unspecified atom stereocenters. The molecule has 0 spiro atoms. The van der Waals surface area contributed by atoms with Crippen molar-refractivity contribution in [2.24, 2.45) is 0 Å². The number of ether oxygens (including phenoxy) is 2. The van der Waals surface area contributed by atoms with Gasteiger partial charge in [-0.1, -0.05) is 30.3 Å². The van der Waals surface area contributed by atoms with Crippen LogP contribution in [0, 0.1) is 0 Å². The predicted octanol–water partition coefficient (Wildman–Crippen LogP) is 1.89. The van der Waals surface area contributed by atoms with Crippen molar-refractivity contribution < 1.29 is 24.2 Å². The van der Waals surface area contributed by atoms with Gasteiger partial charge in [0.2, 0.25) is 0 Å². The highest BCUT2D eigenvalue weighted by Crippen LogP contribution is 2.20. The van der Waals surface area contributed by atoms with Crippen molar-refractivity contribution >= 4 is 12.1 Å². The van der Waals surface area contributed by atoms with E-state index in [0.29, 0.717) is 0 Å². The molecule has 1 aliphatic heterocycles. The maximum Gasteiger partial charge on any atom is 0.411 e. The zero-order valence-corrected chi connectivity index (χ0v) is 12.1. The molecule has 1 aromatic rings. The molecule has 3 atom stereocenters. The van der Waals surface area contributed by atoms with Crippen molar-refractivity contribution in [2.75, 3.05) is 6.61 Å². The Bertz CT molecular complexity index is 504. The van der Waals surface area contributed by atoms with Crippen molar-refractivity contribution in [3.05, 3.63) is 35.9 Å². The third-order valence-electron chi connectivity index (χ3n) is 3.67. The number of amides is 1. The fraction of sp³-hybridized carbons (Fsp3) is 0.467. The van der Waals surface area contributed by atoms with Gasteiger partial charge in [0, 0.05) is 0 Å². The van der Waals surface area contributed by atoms with Gasteiger partial charge in [0.05, 0.1) is 18.8 Å². The quantitative estimate of drug-likeness (QED) is 0.921. The summed E-state index contributed by atoms with van der Waals surface area (Å²) in [6.07, 6.45) is -0.862. The number of aliphatic carboxylic acids is 1. The first kappa shape index (κ1) is 15.3. The third kappa shape index (κ3) is 3.52. The smallest absolute Gasteiger partial charge is 0.411 e. The van der Waals surface area contributed by atoms with E-state index in [1.807, 2.05) is 30.3 Å². The van der Waals surface area contributed by atoms with Crippen LogP contribution >= 0.6 is 0 Å². The highest BCUT2D eigenvalue weighted by Gasteiger charge is 2.41. The number of hydrogen-bond acceptors (Lipinski definition) is 4. The summed E-state index contributed by atoms with van der Waals surface area (Å²) in [4.78, 5) is 24.7. The molecule has 0 aromatic heterocycles. The first-order valence-electron chi connectivity index (χ1n) is 6.84. The van der Waals surface area contributed by atoms with E-state index in [4.69, 9.17) is 9.47 Å². The van der Waals surface area contributed by atoms with E-state index in [-0.39, 0.29) is 25.4 Å². The lowest BCUT2D eigenvalue weighted by Crippen LogP contribution is -2.59. The number of carboxylic acids is 1. The second-order valence-electron chi connectivity index (χ2n) is 5.08. The molecule has 21 heavy (non-hydrogen) atoms. The minimum absolute atomic E-state index is 0.0265. The molecule has 0 radical (unpaired) electrons. The maximum absolute atomic E-state index is 12.2. The Morgan fingerprint density at radius 2 is 2.00 bits per heavy atom. The maximum atomic E-state index is 12.2. The third-order valence-corrected chi connectivity index (χ3v) is 3.67. The molecule has 0 bridgehead atoms. The lowest BCUT2D eigenvalue weighted by Gasteiger charge is -2.40. The van der Waals surface area contributed by atoms with Gasteiger partial charge in [-0.15, -0.1) is 0 Å². The minimum atomic E-state index is -1.09. The summed E-state index contributed by atoms with van der Waals surface area (Å²) in [6.45, 7) is 3.65. The fourth-order valence-electron chi connectivity index (χ4n) is 2.25. The second kappa shape index (κ2) is 6.58. The molecule has 1 N–H and O–H groups in total. The van der Waals surface area contributed by atoms with E-state index in [0.717, 1.165) is 5.56 Å². The van der Waals surface area contributed by atoms with Crippen LogP contribution in [-0.4, -0.2) is 46.9 Å². The molecule has 0 saturated carbocycles. The van der Waals surface area contributed by atoms with Crippen LogP contribution in [-0.2, 0) is 20.9 Å². The van der Waals surface area contributed by atoms with Gasteiger partial charge in [-0.25, -0.2) is 9.59 Å². The number of benzene rings is 1.